The molecule has 0 radical (unpaired) electrons. The number of rotatable bonds is 1. The summed E-state index contributed by atoms with van der Waals surface area (Å²) < 4.78 is 10.5. The van der Waals surface area contributed by atoms with Gasteiger partial charge >= 0.3 is 7.60 Å². The number of carbonyl (C=O) groups is 1. The van der Waals surface area contributed by atoms with Gasteiger partial charge in [0.1, 0.15) is 5.78 Å². The van der Waals surface area contributed by atoms with E-state index in [0.29, 0.717) is 0 Å². The van der Waals surface area contributed by atoms with E-state index in [1.165, 1.54) is 0 Å². The predicted octanol–water partition coefficient (Wildman–Crippen LogP) is -0.600. The molecule has 58 valence electrons. The Hall–Kier alpha value is -0.380. The normalized spacial score (nSPS) is 26.6. The molecule has 1 aliphatic heterocycles. The van der Waals surface area contributed by atoms with Crippen molar-refractivity contribution < 1.29 is 19.1 Å². The van der Waals surface area contributed by atoms with Crippen molar-refractivity contribution in [3.05, 3.63) is 0 Å². The first kappa shape index (κ1) is 7.72. The SMILES string of the molecule is O=C1CC[C@@H](P(=O)(O)O)N1. The van der Waals surface area contributed by atoms with E-state index in [4.69, 9.17) is 9.79 Å². The highest BCUT2D eigenvalue weighted by Crippen LogP contribution is 2.43. The summed E-state index contributed by atoms with van der Waals surface area (Å²) in [6, 6.07) is 0. The largest absolute Gasteiger partial charge is 0.347 e. The lowest BCUT2D eigenvalue weighted by Gasteiger charge is -2.10. The molecule has 1 amide bonds. The summed E-state index contributed by atoms with van der Waals surface area (Å²) >= 11 is 0. The molecule has 0 aromatic heterocycles. The number of carbonyl (C=O) groups excluding carboxylic acids is 1. The summed E-state index contributed by atoms with van der Waals surface area (Å²) in [4.78, 5) is 27.5. The van der Waals surface area contributed by atoms with E-state index in [9.17, 15) is 9.36 Å². The highest BCUT2D eigenvalue weighted by molar-refractivity contribution is 7.52. The molecule has 10 heavy (non-hydrogen) atoms. The Balaban J connectivity index is 2.62. The van der Waals surface area contributed by atoms with Gasteiger partial charge in [-0.1, -0.05) is 0 Å². The maximum Gasteiger partial charge on any atom is 0.347 e. The van der Waals surface area contributed by atoms with E-state index in [1.54, 1.807) is 0 Å². The van der Waals surface area contributed by atoms with E-state index in [1.807, 2.05) is 0 Å². The van der Waals surface area contributed by atoms with E-state index < -0.39 is 13.4 Å². The molecule has 0 unspecified atom stereocenters. The monoisotopic (exact) mass is 165 g/mol. The molecule has 3 N–H and O–H groups in total. The van der Waals surface area contributed by atoms with E-state index in [0.717, 1.165) is 0 Å². The minimum Gasteiger partial charge on any atom is -0.342 e. The average molecular weight is 165 g/mol. The summed E-state index contributed by atoms with van der Waals surface area (Å²) in [6.45, 7) is 0. The summed E-state index contributed by atoms with van der Waals surface area (Å²) in [6.07, 6.45) is 0.457. The maximum absolute atomic E-state index is 10.5. The molecule has 6 heteroatoms. The van der Waals surface area contributed by atoms with Crippen LogP contribution in [0.3, 0.4) is 0 Å². The van der Waals surface area contributed by atoms with Gasteiger partial charge < -0.3 is 15.1 Å². The van der Waals surface area contributed by atoms with Gasteiger partial charge in [-0.3, -0.25) is 9.36 Å². The van der Waals surface area contributed by atoms with Crippen molar-refractivity contribution in [2.24, 2.45) is 0 Å². The quantitative estimate of drug-likeness (QED) is 0.453. The zero-order chi connectivity index (χ0) is 7.78. The fourth-order valence-electron chi connectivity index (χ4n) is 0.850. The van der Waals surface area contributed by atoms with Crippen molar-refractivity contribution in [3.8, 4) is 0 Å². The second-order valence-electron chi connectivity index (χ2n) is 2.21. The molecule has 0 aromatic carbocycles. The van der Waals surface area contributed by atoms with Crippen LogP contribution in [-0.2, 0) is 9.36 Å². The van der Waals surface area contributed by atoms with Gasteiger partial charge in [0.15, 0.2) is 0 Å². The maximum atomic E-state index is 10.5. The lowest BCUT2D eigenvalue weighted by Crippen LogP contribution is -2.24. The number of hydrogen-bond acceptors (Lipinski definition) is 2. The van der Waals surface area contributed by atoms with Crippen molar-refractivity contribution in [2.75, 3.05) is 0 Å². The van der Waals surface area contributed by atoms with Gasteiger partial charge in [0, 0.05) is 6.42 Å². The van der Waals surface area contributed by atoms with Crippen LogP contribution >= 0.6 is 7.60 Å². The zero-order valence-electron chi connectivity index (χ0n) is 5.15. The summed E-state index contributed by atoms with van der Waals surface area (Å²) in [5.74, 6) is -1.23. The van der Waals surface area contributed by atoms with Crippen molar-refractivity contribution in [1.82, 2.24) is 5.32 Å². The first-order valence-electron chi connectivity index (χ1n) is 2.85. The average Bonchev–Trinajstić information content (AvgIpc) is 2.11. The van der Waals surface area contributed by atoms with Gasteiger partial charge in [0.2, 0.25) is 5.91 Å². The highest BCUT2D eigenvalue weighted by atomic mass is 31.2. The second-order valence-corrected chi connectivity index (χ2v) is 4.01. The molecular formula is C4H8NO4P. The predicted molar refractivity (Wildman–Crippen MR) is 33.2 cm³/mol. The molecule has 1 saturated heterocycles. The van der Waals surface area contributed by atoms with Crippen LogP contribution in [0.1, 0.15) is 12.8 Å². The van der Waals surface area contributed by atoms with Crippen LogP contribution in [-0.4, -0.2) is 21.5 Å². The Morgan fingerprint density at radius 1 is 1.60 bits per heavy atom. The van der Waals surface area contributed by atoms with E-state index in [-0.39, 0.29) is 18.7 Å². The van der Waals surface area contributed by atoms with Crippen LogP contribution in [0.5, 0.6) is 0 Å². The van der Waals surface area contributed by atoms with Gasteiger partial charge in [-0.25, -0.2) is 0 Å². The lowest BCUT2D eigenvalue weighted by molar-refractivity contribution is -0.119. The van der Waals surface area contributed by atoms with E-state index >= 15 is 0 Å². The van der Waals surface area contributed by atoms with Crippen molar-refractivity contribution in [3.63, 3.8) is 0 Å². The molecule has 1 fully saturated rings. The van der Waals surface area contributed by atoms with E-state index in [2.05, 4.69) is 5.32 Å². The van der Waals surface area contributed by atoms with Gasteiger partial charge in [0.05, 0.1) is 0 Å². The Bertz CT molecular complexity index is 197. The molecule has 0 aromatic rings. The molecule has 0 spiro atoms. The Kier molecular flexibility index (Phi) is 1.81. The second kappa shape index (κ2) is 2.34. The summed E-state index contributed by atoms with van der Waals surface area (Å²) in [5, 5.41) is 2.19. The first-order valence-corrected chi connectivity index (χ1v) is 4.53. The standard InChI is InChI=1S/C4H8NO4P/c6-3-1-2-4(5-3)10(7,8)9/h4H,1-2H2,(H,5,6)(H2,7,8,9)/t4-/m1/s1. The van der Waals surface area contributed by atoms with Gasteiger partial charge in [-0.05, 0) is 6.42 Å². The lowest BCUT2D eigenvalue weighted by atomic mass is 10.4. The van der Waals surface area contributed by atoms with Crippen LogP contribution in [0, 0.1) is 0 Å². The third-order valence-corrected chi connectivity index (χ3v) is 2.58. The van der Waals surface area contributed by atoms with Crippen LogP contribution < -0.4 is 5.32 Å². The number of amides is 1. The molecule has 0 aliphatic carbocycles. The van der Waals surface area contributed by atoms with Gasteiger partial charge in [-0.2, -0.15) is 0 Å². The van der Waals surface area contributed by atoms with Crippen molar-refractivity contribution >= 4 is 13.5 Å². The Morgan fingerprint density at radius 2 is 2.20 bits per heavy atom. The molecule has 1 atom stereocenters. The zero-order valence-corrected chi connectivity index (χ0v) is 6.04. The third-order valence-electron chi connectivity index (χ3n) is 1.38. The topological polar surface area (TPSA) is 86.6 Å². The third kappa shape index (κ3) is 1.56. The highest BCUT2D eigenvalue weighted by Gasteiger charge is 2.34. The van der Waals surface area contributed by atoms with Gasteiger partial charge in [0.25, 0.3) is 0 Å². The fourth-order valence-corrected chi connectivity index (χ4v) is 1.63. The molecule has 0 saturated carbocycles. The van der Waals surface area contributed by atoms with Crippen LogP contribution in [0.25, 0.3) is 0 Å². The molecule has 1 heterocycles. The first-order chi connectivity index (χ1) is 4.50. The minimum absolute atomic E-state index is 0.218. The molecule has 1 rings (SSSR count). The van der Waals surface area contributed by atoms with Crippen molar-refractivity contribution in [2.45, 2.75) is 18.6 Å². The minimum atomic E-state index is -4.08. The Morgan fingerprint density at radius 3 is 2.40 bits per heavy atom. The Labute approximate surface area is 57.6 Å². The molecule has 5 nitrogen and oxygen atoms in total. The molecular weight excluding hydrogens is 157 g/mol. The summed E-state index contributed by atoms with van der Waals surface area (Å²) in [5.41, 5.74) is 0. The van der Waals surface area contributed by atoms with Crippen LogP contribution in [0.2, 0.25) is 0 Å². The van der Waals surface area contributed by atoms with Crippen LogP contribution in [0.15, 0.2) is 0 Å². The summed E-state index contributed by atoms with van der Waals surface area (Å²) in [7, 11) is -4.08. The van der Waals surface area contributed by atoms with Crippen LogP contribution in [0.4, 0.5) is 0 Å². The molecule has 1 aliphatic rings. The molecule has 0 bridgehead atoms. The van der Waals surface area contributed by atoms with Gasteiger partial charge in [-0.15, -0.1) is 0 Å². The number of hydrogen-bond donors (Lipinski definition) is 3. The fraction of sp³-hybridized carbons (Fsp3) is 0.750. The number of nitrogens with one attached hydrogen (secondary N) is 1. The smallest absolute Gasteiger partial charge is 0.342 e. The van der Waals surface area contributed by atoms with Crippen molar-refractivity contribution in [1.29, 1.82) is 0 Å².